The summed E-state index contributed by atoms with van der Waals surface area (Å²) in [5.41, 5.74) is 6.22. The molecule has 0 saturated heterocycles. The number of hydrogen-bond donors (Lipinski definition) is 1. The van der Waals surface area contributed by atoms with E-state index in [1.807, 2.05) is 73.3 Å². The van der Waals surface area contributed by atoms with Gasteiger partial charge in [0.2, 0.25) is 0 Å². The largest absolute Gasteiger partial charge is 0.497 e. The van der Waals surface area contributed by atoms with Gasteiger partial charge in [-0.3, -0.25) is 9.89 Å². The van der Waals surface area contributed by atoms with E-state index in [1.165, 1.54) is 0 Å². The van der Waals surface area contributed by atoms with E-state index >= 15 is 0 Å². The van der Waals surface area contributed by atoms with Gasteiger partial charge < -0.3 is 19.1 Å². The number of hydrogen-bond acceptors (Lipinski definition) is 5. The Labute approximate surface area is 217 Å². The van der Waals surface area contributed by atoms with Crippen molar-refractivity contribution in [1.82, 2.24) is 15.1 Å². The average molecular weight is 498 g/mol. The van der Waals surface area contributed by atoms with Crippen molar-refractivity contribution in [3.05, 3.63) is 94.7 Å². The second kappa shape index (κ2) is 10.4. The summed E-state index contributed by atoms with van der Waals surface area (Å²) in [6.45, 7) is 7.42. The van der Waals surface area contributed by atoms with Crippen LogP contribution in [0.25, 0.3) is 11.3 Å². The molecule has 3 aromatic carbocycles. The SMILES string of the molecule is CCOc1ccc(C2c3c(-c4ccc(C)cc4)n[nH]c3C(=O)N2Cc2ccc(OC)cc2)cc1OCC. The summed E-state index contributed by atoms with van der Waals surface area (Å²) < 4.78 is 17.0. The lowest BCUT2D eigenvalue weighted by Gasteiger charge is -2.27. The number of methoxy groups -OCH3 is 1. The van der Waals surface area contributed by atoms with E-state index in [0.29, 0.717) is 37.0 Å². The number of ether oxygens (including phenoxy) is 3. The number of rotatable bonds is 9. The van der Waals surface area contributed by atoms with Crippen molar-refractivity contribution in [2.45, 2.75) is 33.4 Å². The Morgan fingerprint density at radius 2 is 1.62 bits per heavy atom. The second-order valence-electron chi connectivity index (χ2n) is 8.98. The third-order valence-corrected chi connectivity index (χ3v) is 6.58. The fraction of sp³-hybridized carbons (Fsp3) is 0.267. The number of aryl methyl sites for hydroxylation is 1. The highest BCUT2D eigenvalue weighted by Crippen LogP contribution is 2.45. The number of aromatic amines is 1. The molecular weight excluding hydrogens is 466 g/mol. The quantitative estimate of drug-likeness (QED) is 0.310. The van der Waals surface area contributed by atoms with Crippen LogP contribution in [-0.2, 0) is 6.54 Å². The third kappa shape index (κ3) is 4.65. The zero-order valence-corrected chi connectivity index (χ0v) is 21.6. The molecule has 1 atom stereocenters. The molecule has 4 aromatic rings. The van der Waals surface area contributed by atoms with Gasteiger partial charge in [0.05, 0.1) is 32.1 Å². The van der Waals surface area contributed by atoms with Crippen molar-refractivity contribution in [3.63, 3.8) is 0 Å². The summed E-state index contributed by atoms with van der Waals surface area (Å²) in [6, 6.07) is 21.5. The van der Waals surface area contributed by atoms with Gasteiger partial charge in [-0.05, 0) is 56.2 Å². The fourth-order valence-electron chi connectivity index (χ4n) is 4.80. The molecule has 7 nitrogen and oxygen atoms in total. The molecule has 37 heavy (non-hydrogen) atoms. The summed E-state index contributed by atoms with van der Waals surface area (Å²) in [7, 11) is 1.64. The number of benzene rings is 3. The van der Waals surface area contributed by atoms with Gasteiger partial charge >= 0.3 is 0 Å². The standard InChI is InChI=1S/C30H31N3O4/c1-5-36-24-16-13-22(17-25(24)37-6-2)29-26-27(21-11-7-19(3)8-12-21)31-32-28(26)30(34)33(29)18-20-9-14-23(35-4)15-10-20/h7-17,29H,5-6,18H2,1-4H3,(H,31,32). The molecule has 0 bridgehead atoms. The van der Waals surface area contributed by atoms with Crippen molar-refractivity contribution in [1.29, 1.82) is 0 Å². The van der Waals surface area contributed by atoms with Crippen LogP contribution in [0.5, 0.6) is 17.2 Å². The predicted octanol–water partition coefficient (Wildman–Crippen LogP) is 5.94. The van der Waals surface area contributed by atoms with Gasteiger partial charge in [-0.2, -0.15) is 5.10 Å². The van der Waals surface area contributed by atoms with E-state index < -0.39 is 0 Å². The smallest absolute Gasteiger partial charge is 0.273 e. The molecule has 1 aliphatic heterocycles. The molecule has 1 unspecified atom stereocenters. The van der Waals surface area contributed by atoms with Gasteiger partial charge in [0.15, 0.2) is 11.5 Å². The molecule has 0 aliphatic carbocycles. The van der Waals surface area contributed by atoms with Crippen LogP contribution in [0.1, 0.15) is 52.6 Å². The summed E-state index contributed by atoms with van der Waals surface area (Å²) in [5, 5.41) is 7.63. The monoisotopic (exact) mass is 497 g/mol. The lowest BCUT2D eigenvalue weighted by molar-refractivity contribution is 0.0729. The lowest BCUT2D eigenvalue weighted by atomic mass is 9.95. The molecular formula is C30H31N3O4. The maximum Gasteiger partial charge on any atom is 0.273 e. The van der Waals surface area contributed by atoms with E-state index in [9.17, 15) is 4.79 Å². The van der Waals surface area contributed by atoms with Gasteiger partial charge in [-0.1, -0.05) is 48.0 Å². The first kappa shape index (κ1) is 24.4. The van der Waals surface area contributed by atoms with Crippen LogP contribution in [0.4, 0.5) is 0 Å². The highest BCUT2D eigenvalue weighted by Gasteiger charge is 2.42. The lowest BCUT2D eigenvalue weighted by Crippen LogP contribution is -2.29. The first-order valence-corrected chi connectivity index (χ1v) is 12.5. The Bertz CT molecular complexity index is 1390. The number of carbonyl (C=O) groups excluding carboxylic acids is 1. The molecule has 5 rings (SSSR count). The van der Waals surface area contributed by atoms with Crippen LogP contribution in [0.15, 0.2) is 66.7 Å². The fourth-order valence-corrected chi connectivity index (χ4v) is 4.80. The number of aromatic nitrogens is 2. The summed E-state index contributed by atoms with van der Waals surface area (Å²) in [4.78, 5) is 15.6. The van der Waals surface area contributed by atoms with E-state index in [2.05, 4.69) is 29.3 Å². The van der Waals surface area contributed by atoms with Crippen LogP contribution in [-0.4, -0.2) is 41.3 Å². The number of fused-ring (bicyclic) bond motifs is 1. The first-order chi connectivity index (χ1) is 18.0. The number of carbonyl (C=O) groups is 1. The van der Waals surface area contributed by atoms with Gasteiger partial charge in [-0.25, -0.2) is 0 Å². The summed E-state index contributed by atoms with van der Waals surface area (Å²) in [6.07, 6.45) is 0. The number of nitrogens with one attached hydrogen (secondary N) is 1. The van der Waals surface area contributed by atoms with Crippen molar-refractivity contribution in [2.75, 3.05) is 20.3 Å². The van der Waals surface area contributed by atoms with E-state index in [-0.39, 0.29) is 11.9 Å². The Hall–Kier alpha value is -4.26. The minimum absolute atomic E-state index is 0.0893. The first-order valence-electron chi connectivity index (χ1n) is 12.5. The molecule has 190 valence electrons. The van der Waals surface area contributed by atoms with E-state index in [1.54, 1.807) is 7.11 Å². The average Bonchev–Trinajstić information content (AvgIpc) is 3.45. The van der Waals surface area contributed by atoms with Gasteiger partial charge in [0.25, 0.3) is 5.91 Å². The molecule has 0 spiro atoms. The van der Waals surface area contributed by atoms with Crippen molar-refractivity contribution in [2.24, 2.45) is 0 Å². The highest BCUT2D eigenvalue weighted by atomic mass is 16.5. The van der Waals surface area contributed by atoms with Crippen molar-refractivity contribution in [3.8, 4) is 28.5 Å². The van der Waals surface area contributed by atoms with Crippen LogP contribution < -0.4 is 14.2 Å². The summed E-state index contributed by atoms with van der Waals surface area (Å²) >= 11 is 0. The van der Waals surface area contributed by atoms with Gasteiger partial charge in [0, 0.05) is 17.7 Å². The van der Waals surface area contributed by atoms with Crippen LogP contribution in [0, 0.1) is 6.92 Å². The Kier molecular flexibility index (Phi) is 6.86. The Morgan fingerprint density at radius 3 is 2.30 bits per heavy atom. The number of nitrogens with zero attached hydrogens (tertiary/aromatic N) is 2. The number of amides is 1. The van der Waals surface area contributed by atoms with Crippen molar-refractivity contribution >= 4 is 5.91 Å². The van der Waals surface area contributed by atoms with Gasteiger partial charge in [-0.15, -0.1) is 0 Å². The van der Waals surface area contributed by atoms with E-state index in [0.717, 1.165) is 39.3 Å². The molecule has 1 amide bonds. The maximum absolute atomic E-state index is 13.8. The minimum atomic E-state index is -0.352. The molecule has 1 aliphatic rings. The van der Waals surface area contributed by atoms with Crippen LogP contribution >= 0.6 is 0 Å². The molecule has 0 saturated carbocycles. The predicted molar refractivity (Wildman–Crippen MR) is 142 cm³/mol. The molecule has 2 heterocycles. The molecule has 0 radical (unpaired) electrons. The zero-order valence-electron chi connectivity index (χ0n) is 21.6. The minimum Gasteiger partial charge on any atom is -0.497 e. The van der Waals surface area contributed by atoms with Gasteiger partial charge in [0.1, 0.15) is 11.4 Å². The Balaban J connectivity index is 1.63. The Morgan fingerprint density at radius 1 is 0.919 bits per heavy atom. The van der Waals surface area contributed by atoms with Crippen LogP contribution in [0.3, 0.4) is 0 Å². The normalized spacial score (nSPS) is 14.5. The van der Waals surface area contributed by atoms with Crippen molar-refractivity contribution < 1.29 is 19.0 Å². The zero-order chi connectivity index (χ0) is 25.9. The maximum atomic E-state index is 13.8. The second-order valence-corrected chi connectivity index (χ2v) is 8.98. The topological polar surface area (TPSA) is 76.7 Å². The molecule has 1 aromatic heterocycles. The highest BCUT2D eigenvalue weighted by molar-refractivity contribution is 6.00. The summed E-state index contributed by atoms with van der Waals surface area (Å²) in [5.74, 6) is 2.03. The van der Waals surface area contributed by atoms with E-state index in [4.69, 9.17) is 14.2 Å². The van der Waals surface area contributed by atoms with Crippen LogP contribution in [0.2, 0.25) is 0 Å². The number of H-pyrrole nitrogens is 1. The molecule has 0 fully saturated rings. The molecule has 7 heteroatoms. The molecule has 1 N–H and O–H groups in total. The third-order valence-electron chi connectivity index (χ3n) is 6.58.